The van der Waals surface area contributed by atoms with E-state index in [0.717, 1.165) is 24.2 Å². The zero-order valence-electron chi connectivity index (χ0n) is 16.6. The predicted molar refractivity (Wildman–Crippen MR) is 113 cm³/mol. The van der Waals surface area contributed by atoms with E-state index in [4.69, 9.17) is 0 Å². The average molecular weight is 395 g/mol. The second-order valence-corrected chi connectivity index (χ2v) is 7.08. The van der Waals surface area contributed by atoms with E-state index in [1.807, 2.05) is 23.1 Å². The molecule has 1 heterocycles. The van der Waals surface area contributed by atoms with Gasteiger partial charge in [-0.3, -0.25) is 9.59 Å². The van der Waals surface area contributed by atoms with E-state index in [9.17, 15) is 14.0 Å². The maximum Gasteiger partial charge on any atom is 0.244 e. The number of anilines is 1. The molecule has 0 radical (unpaired) electrons. The fourth-order valence-corrected chi connectivity index (χ4v) is 3.35. The van der Waals surface area contributed by atoms with E-state index in [1.54, 1.807) is 19.1 Å². The van der Waals surface area contributed by atoms with Crippen LogP contribution in [0.4, 0.5) is 10.1 Å². The molecule has 2 aromatic carbocycles. The molecule has 1 saturated heterocycles. The quantitative estimate of drug-likeness (QED) is 0.765. The molecule has 1 fully saturated rings. The summed E-state index contributed by atoms with van der Waals surface area (Å²) in [4.78, 5) is 28.6. The minimum absolute atomic E-state index is 0.0530. The summed E-state index contributed by atoms with van der Waals surface area (Å²) in [5, 5.41) is 2.75. The number of para-hydroxylation sites is 1. The van der Waals surface area contributed by atoms with Gasteiger partial charge in [0.15, 0.2) is 0 Å². The van der Waals surface area contributed by atoms with Gasteiger partial charge in [0.05, 0.1) is 0 Å². The normalized spacial score (nSPS) is 14.6. The Morgan fingerprint density at radius 2 is 1.66 bits per heavy atom. The van der Waals surface area contributed by atoms with Crippen molar-refractivity contribution in [3.8, 4) is 0 Å². The minimum atomic E-state index is -0.311. The Morgan fingerprint density at radius 3 is 2.31 bits per heavy atom. The Labute approximate surface area is 170 Å². The third-order valence-corrected chi connectivity index (χ3v) is 5.04. The van der Waals surface area contributed by atoms with Crippen molar-refractivity contribution in [1.29, 1.82) is 0 Å². The van der Waals surface area contributed by atoms with Crippen LogP contribution < -0.4 is 10.2 Å². The van der Waals surface area contributed by atoms with Crippen LogP contribution in [0.2, 0.25) is 0 Å². The first-order valence-corrected chi connectivity index (χ1v) is 9.83. The van der Waals surface area contributed by atoms with Crippen LogP contribution in [0.25, 0.3) is 5.57 Å². The Morgan fingerprint density at radius 1 is 1.00 bits per heavy atom. The van der Waals surface area contributed by atoms with Gasteiger partial charge in [0.1, 0.15) is 5.82 Å². The molecule has 6 heteroatoms. The van der Waals surface area contributed by atoms with E-state index in [-0.39, 0.29) is 24.1 Å². The topological polar surface area (TPSA) is 52.7 Å². The highest BCUT2D eigenvalue weighted by Crippen LogP contribution is 2.16. The molecule has 29 heavy (non-hydrogen) atoms. The highest BCUT2D eigenvalue weighted by molar-refractivity contribution is 5.95. The van der Waals surface area contributed by atoms with Crippen molar-refractivity contribution in [3.05, 3.63) is 72.1 Å². The van der Waals surface area contributed by atoms with Crippen LogP contribution in [0.5, 0.6) is 0 Å². The molecule has 0 bridgehead atoms. The molecular formula is C23H26FN3O2. The monoisotopic (exact) mass is 395 g/mol. The van der Waals surface area contributed by atoms with Crippen molar-refractivity contribution in [1.82, 2.24) is 10.2 Å². The van der Waals surface area contributed by atoms with Crippen LogP contribution in [0, 0.1) is 5.82 Å². The fraction of sp³-hybridized carbons (Fsp3) is 0.304. The van der Waals surface area contributed by atoms with Gasteiger partial charge >= 0.3 is 0 Å². The summed E-state index contributed by atoms with van der Waals surface area (Å²) in [6, 6.07) is 16.2. The van der Waals surface area contributed by atoms with Gasteiger partial charge in [-0.05, 0) is 42.3 Å². The Balaban J connectivity index is 1.40. The molecule has 0 aromatic heterocycles. The molecule has 0 spiro atoms. The number of allylic oxidation sites excluding steroid dienone is 1. The smallest absolute Gasteiger partial charge is 0.244 e. The Hall–Kier alpha value is -3.15. The molecule has 0 saturated carbocycles. The highest BCUT2D eigenvalue weighted by Gasteiger charge is 2.20. The van der Waals surface area contributed by atoms with E-state index < -0.39 is 0 Å². The summed E-state index contributed by atoms with van der Waals surface area (Å²) in [6.45, 7) is 5.08. The molecule has 5 nitrogen and oxygen atoms in total. The Kier molecular flexibility index (Phi) is 7.00. The summed E-state index contributed by atoms with van der Waals surface area (Å²) < 4.78 is 13.0. The summed E-state index contributed by atoms with van der Waals surface area (Å²) in [7, 11) is 0. The third kappa shape index (κ3) is 5.91. The van der Waals surface area contributed by atoms with Gasteiger partial charge in [-0.2, -0.15) is 0 Å². The average Bonchev–Trinajstić information content (AvgIpc) is 2.75. The lowest BCUT2D eigenvalue weighted by atomic mass is 10.1. The summed E-state index contributed by atoms with van der Waals surface area (Å²) in [6.07, 6.45) is 1.75. The van der Waals surface area contributed by atoms with Crippen molar-refractivity contribution >= 4 is 23.1 Å². The van der Waals surface area contributed by atoms with Gasteiger partial charge in [0, 0.05) is 50.9 Å². The van der Waals surface area contributed by atoms with Gasteiger partial charge in [0.25, 0.3) is 0 Å². The molecule has 2 amide bonds. The second kappa shape index (κ2) is 9.87. The first-order valence-electron chi connectivity index (χ1n) is 9.83. The maximum absolute atomic E-state index is 13.0. The number of nitrogens with one attached hydrogen (secondary N) is 1. The molecule has 0 unspecified atom stereocenters. The van der Waals surface area contributed by atoms with Crippen LogP contribution in [-0.2, 0) is 9.59 Å². The number of hydrogen-bond donors (Lipinski definition) is 1. The second-order valence-electron chi connectivity index (χ2n) is 7.08. The molecule has 1 aliphatic rings. The summed E-state index contributed by atoms with van der Waals surface area (Å²) in [5.74, 6) is -0.514. The van der Waals surface area contributed by atoms with Gasteiger partial charge in [-0.25, -0.2) is 4.39 Å². The number of piperazine rings is 1. The lowest BCUT2D eigenvalue weighted by Crippen LogP contribution is -2.49. The van der Waals surface area contributed by atoms with Crippen molar-refractivity contribution < 1.29 is 14.0 Å². The number of benzene rings is 2. The van der Waals surface area contributed by atoms with E-state index in [1.165, 1.54) is 23.9 Å². The minimum Gasteiger partial charge on any atom is -0.368 e. The van der Waals surface area contributed by atoms with Crippen molar-refractivity contribution in [2.75, 3.05) is 37.6 Å². The number of amides is 2. The van der Waals surface area contributed by atoms with Crippen LogP contribution in [0.3, 0.4) is 0 Å². The summed E-state index contributed by atoms with van der Waals surface area (Å²) in [5.41, 5.74) is 2.70. The molecule has 1 N–H and O–H groups in total. The zero-order chi connectivity index (χ0) is 20.6. The molecule has 3 rings (SSSR count). The number of halogens is 1. The molecule has 152 valence electrons. The Bertz CT molecular complexity index is 857. The van der Waals surface area contributed by atoms with Gasteiger partial charge < -0.3 is 15.1 Å². The molecule has 0 aliphatic carbocycles. The first-order chi connectivity index (χ1) is 14.0. The summed E-state index contributed by atoms with van der Waals surface area (Å²) >= 11 is 0. The lowest BCUT2D eigenvalue weighted by Gasteiger charge is -2.36. The number of carbonyl (C=O) groups is 2. The fourth-order valence-electron chi connectivity index (χ4n) is 3.35. The van der Waals surface area contributed by atoms with Gasteiger partial charge in [-0.15, -0.1) is 0 Å². The zero-order valence-corrected chi connectivity index (χ0v) is 16.6. The number of hydrogen-bond acceptors (Lipinski definition) is 3. The predicted octanol–water partition coefficient (Wildman–Crippen LogP) is 3.08. The lowest BCUT2D eigenvalue weighted by molar-refractivity contribution is -0.131. The molecule has 1 aliphatic heterocycles. The standard InChI is InChI=1S/C23H26FN3O2/c1-18(19-7-9-20(24)10-8-19)17-22(28)25-12-11-23(29)27-15-13-26(14-16-27)21-5-3-2-4-6-21/h2-10,17H,11-16H2,1H3,(H,25,28)/b18-17-. The molecular weight excluding hydrogens is 369 g/mol. The number of rotatable bonds is 6. The number of carbonyl (C=O) groups excluding carboxylic acids is 2. The maximum atomic E-state index is 13.0. The van der Waals surface area contributed by atoms with Crippen molar-refractivity contribution in [2.45, 2.75) is 13.3 Å². The van der Waals surface area contributed by atoms with E-state index in [0.29, 0.717) is 19.6 Å². The SMILES string of the molecule is C/C(=C/C(=O)NCCC(=O)N1CCN(c2ccccc2)CC1)c1ccc(F)cc1. The van der Waals surface area contributed by atoms with Gasteiger partial charge in [-0.1, -0.05) is 30.3 Å². The molecule has 0 atom stereocenters. The third-order valence-electron chi connectivity index (χ3n) is 5.04. The van der Waals surface area contributed by atoms with E-state index in [2.05, 4.69) is 22.3 Å². The van der Waals surface area contributed by atoms with Crippen LogP contribution in [-0.4, -0.2) is 49.4 Å². The number of nitrogens with zero attached hydrogens (tertiary/aromatic N) is 2. The molecule has 2 aromatic rings. The van der Waals surface area contributed by atoms with Crippen LogP contribution in [0.15, 0.2) is 60.7 Å². The first kappa shape index (κ1) is 20.6. The van der Waals surface area contributed by atoms with Crippen molar-refractivity contribution in [2.24, 2.45) is 0 Å². The van der Waals surface area contributed by atoms with Crippen LogP contribution >= 0.6 is 0 Å². The van der Waals surface area contributed by atoms with Crippen LogP contribution in [0.1, 0.15) is 18.9 Å². The largest absolute Gasteiger partial charge is 0.368 e. The highest BCUT2D eigenvalue weighted by atomic mass is 19.1. The van der Waals surface area contributed by atoms with Gasteiger partial charge in [0.2, 0.25) is 11.8 Å². The van der Waals surface area contributed by atoms with Crippen molar-refractivity contribution in [3.63, 3.8) is 0 Å². The van der Waals surface area contributed by atoms with E-state index >= 15 is 0 Å².